The number of nitroso groups, excluding NO2 is 1. The minimum atomic E-state index is -0.0197. The SMILES string of the molecule is CN(C)c1cccc2c(O)c(N=O)sc12. The fourth-order valence-corrected chi connectivity index (χ4v) is 2.56. The van der Waals surface area contributed by atoms with E-state index in [1.165, 1.54) is 11.3 Å². The molecule has 1 aromatic carbocycles. The molecule has 1 N–H and O–H groups in total. The summed E-state index contributed by atoms with van der Waals surface area (Å²) in [5.41, 5.74) is 0.975. The molecule has 0 radical (unpaired) electrons. The van der Waals surface area contributed by atoms with Gasteiger partial charge in [0.25, 0.3) is 0 Å². The van der Waals surface area contributed by atoms with Gasteiger partial charge in [-0.2, -0.15) is 0 Å². The van der Waals surface area contributed by atoms with Gasteiger partial charge in [0.05, 0.1) is 10.4 Å². The van der Waals surface area contributed by atoms with Crippen molar-refractivity contribution in [1.29, 1.82) is 0 Å². The van der Waals surface area contributed by atoms with Crippen LogP contribution in [0.15, 0.2) is 23.4 Å². The molecule has 5 heteroatoms. The van der Waals surface area contributed by atoms with E-state index in [4.69, 9.17) is 0 Å². The van der Waals surface area contributed by atoms with Crippen LogP contribution in [-0.2, 0) is 0 Å². The van der Waals surface area contributed by atoms with E-state index in [1.54, 1.807) is 6.07 Å². The zero-order valence-electron chi connectivity index (χ0n) is 8.39. The molecular weight excluding hydrogens is 212 g/mol. The predicted octanol–water partition coefficient (Wildman–Crippen LogP) is 3.07. The van der Waals surface area contributed by atoms with Gasteiger partial charge >= 0.3 is 0 Å². The Bertz CT molecular complexity index is 519. The summed E-state index contributed by atoms with van der Waals surface area (Å²) in [6.45, 7) is 0. The Hall–Kier alpha value is -1.62. The van der Waals surface area contributed by atoms with Crippen molar-refractivity contribution in [2.45, 2.75) is 0 Å². The maximum atomic E-state index is 10.5. The first kappa shape index (κ1) is 9.92. The number of benzene rings is 1. The molecule has 4 nitrogen and oxygen atoms in total. The van der Waals surface area contributed by atoms with Gasteiger partial charge in [0.2, 0.25) is 5.00 Å². The second-order valence-electron chi connectivity index (χ2n) is 3.40. The minimum absolute atomic E-state index is 0.0197. The van der Waals surface area contributed by atoms with Gasteiger partial charge in [-0.3, -0.25) is 0 Å². The molecule has 0 aliphatic carbocycles. The molecule has 78 valence electrons. The topological polar surface area (TPSA) is 52.9 Å². The number of aromatic hydroxyl groups is 1. The number of thiophene rings is 1. The van der Waals surface area contributed by atoms with Gasteiger partial charge in [0.1, 0.15) is 0 Å². The highest BCUT2D eigenvalue weighted by Crippen LogP contribution is 2.46. The van der Waals surface area contributed by atoms with E-state index in [0.717, 1.165) is 10.4 Å². The maximum Gasteiger partial charge on any atom is 0.203 e. The first-order chi connectivity index (χ1) is 7.15. The van der Waals surface area contributed by atoms with E-state index in [-0.39, 0.29) is 10.8 Å². The quantitative estimate of drug-likeness (QED) is 0.794. The van der Waals surface area contributed by atoms with Crippen LogP contribution in [0.1, 0.15) is 0 Å². The fraction of sp³-hybridized carbons (Fsp3) is 0.200. The largest absolute Gasteiger partial charge is 0.504 e. The fourth-order valence-electron chi connectivity index (χ4n) is 1.49. The van der Waals surface area contributed by atoms with Crippen LogP contribution in [0, 0.1) is 4.91 Å². The average molecular weight is 222 g/mol. The Morgan fingerprint density at radius 3 is 2.73 bits per heavy atom. The number of anilines is 1. The predicted molar refractivity (Wildman–Crippen MR) is 63.3 cm³/mol. The van der Waals surface area contributed by atoms with Gasteiger partial charge < -0.3 is 10.0 Å². The lowest BCUT2D eigenvalue weighted by Gasteiger charge is -2.12. The third-order valence-corrected chi connectivity index (χ3v) is 3.31. The molecular formula is C10H10N2O2S. The van der Waals surface area contributed by atoms with Crippen molar-refractivity contribution in [1.82, 2.24) is 0 Å². The summed E-state index contributed by atoms with van der Waals surface area (Å²) in [7, 11) is 3.83. The Labute approximate surface area is 90.7 Å². The number of fused-ring (bicyclic) bond motifs is 1. The van der Waals surface area contributed by atoms with Crippen LogP contribution in [0.3, 0.4) is 0 Å². The molecule has 0 saturated carbocycles. The normalized spacial score (nSPS) is 10.5. The highest BCUT2D eigenvalue weighted by Gasteiger charge is 2.14. The molecule has 0 spiro atoms. The van der Waals surface area contributed by atoms with Crippen LogP contribution in [0.2, 0.25) is 0 Å². The second kappa shape index (κ2) is 3.51. The molecule has 0 unspecified atom stereocenters. The summed E-state index contributed by atoms with van der Waals surface area (Å²) in [6.07, 6.45) is 0. The summed E-state index contributed by atoms with van der Waals surface area (Å²) >= 11 is 1.21. The van der Waals surface area contributed by atoms with E-state index in [1.807, 2.05) is 31.1 Å². The van der Waals surface area contributed by atoms with Gasteiger partial charge in [-0.1, -0.05) is 6.07 Å². The Morgan fingerprint density at radius 1 is 1.40 bits per heavy atom. The standard InChI is InChI=1S/C10H10N2O2S/c1-12(2)7-5-3-4-6-8(13)10(11-14)15-9(6)7/h3-5,13H,1-2H3. The third-order valence-electron chi connectivity index (χ3n) is 2.22. The molecule has 0 aliphatic rings. The van der Waals surface area contributed by atoms with Crippen molar-refractivity contribution >= 4 is 32.1 Å². The van der Waals surface area contributed by atoms with Crippen molar-refractivity contribution in [2.75, 3.05) is 19.0 Å². The van der Waals surface area contributed by atoms with Crippen LogP contribution in [0.4, 0.5) is 10.7 Å². The Kier molecular flexibility index (Phi) is 2.32. The molecule has 0 atom stereocenters. The number of rotatable bonds is 2. The lowest BCUT2D eigenvalue weighted by atomic mass is 10.2. The molecule has 15 heavy (non-hydrogen) atoms. The molecule has 0 amide bonds. The van der Waals surface area contributed by atoms with E-state index in [2.05, 4.69) is 5.18 Å². The summed E-state index contributed by atoms with van der Waals surface area (Å²) in [6, 6.07) is 5.56. The van der Waals surface area contributed by atoms with Crippen molar-refractivity contribution in [2.24, 2.45) is 5.18 Å². The van der Waals surface area contributed by atoms with Gasteiger partial charge in [-0.05, 0) is 17.3 Å². The summed E-state index contributed by atoms with van der Waals surface area (Å²) in [5.74, 6) is -0.0197. The van der Waals surface area contributed by atoms with Gasteiger partial charge in [-0.25, -0.2) is 0 Å². The van der Waals surface area contributed by atoms with Crippen molar-refractivity contribution in [3.05, 3.63) is 23.1 Å². The van der Waals surface area contributed by atoms with Crippen molar-refractivity contribution in [3.8, 4) is 5.75 Å². The monoisotopic (exact) mass is 222 g/mol. The average Bonchev–Trinajstić information content (AvgIpc) is 2.55. The van der Waals surface area contributed by atoms with Crippen LogP contribution in [0.25, 0.3) is 10.1 Å². The molecule has 0 saturated heterocycles. The van der Waals surface area contributed by atoms with Crippen molar-refractivity contribution < 1.29 is 5.11 Å². The van der Waals surface area contributed by atoms with E-state index >= 15 is 0 Å². The number of nitrogens with zero attached hydrogens (tertiary/aromatic N) is 2. The Morgan fingerprint density at radius 2 is 2.13 bits per heavy atom. The van der Waals surface area contributed by atoms with Gasteiger partial charge in [-0.15, -0.1) is 16.2 Å². The van der Waals surface area contributed by atoms with Gasteiger partial charge in [0.15, 0.2) is 5.75 Å². The first-order valence-electron chi connectivity index (χ1n) is 4.40. The Balaban J connectivity index is 2.81. The van der Waals surface area contributed by atoms with E-state index < -0.39 is 0 Å². The van der Waals surface area contributed by atoms with Crippen LogP contribution < -0.4 is 4.90 Å². The summed E-state index contributed by atoms with van der Waals surface area (Å²) in [5, 5.41) is 13.3. The van der Waals surface area contributed by atoms with Crippen LogP contribution in [-0.4, -0.2) is 19.2 Å². The lowest BCUT2D eigenvalue weighted by Crippen LogP contribution is -2.08. The zero-order valence-corrected chi connectivity index (χ0v) is 9.21. The molecule has 0 aliphatic heterocycles. The molecule has 1 aromatic heterocycles. The maximum absolute atomic E-state index is 10.5. The lowest BCUT2D eigenvalue weighted by molar-refractivity contribution is 0.485. The van der Waals surface area contributed by atoms with Crippen LogP contribution >= 0.6 is 11.3 Å². The zero-order chi connectivity index (χ0) is 11.0. The highest BCUT2D eigenvalue weighted by molar-refractivity contribution is 7.23. The molecule has 2 rings (SSSR count). The smallest absolute Gasteiger partial charge is 0.203 e. The van der Waals surface area contributed by atoms with Crippen LogP contribution in [0.5, 0.6) is 5.75 Å². The molecule has 0 fully saturated rings. The second-order valence-corrected chi connectivity index (χ2v) is 4.39. The third kappa shape index (κ3) is 1.45. The number of hydrogen-bond acceptors (Lipinski definition) is 5. The minimum Gasteiger partial charge on any atom is -0.504 e. The summed E-state index contributed by atoms with van der Waals surface area (Å²) < 4.78 is 0.884. The summed E-state index contributed by atoms with van der Waals surface area (Å²) in [4.78, 5) is 12.4. The highest BCUT2D eigenvalue weighted by atomic mass is 32.1. The molecule has 0 bridgehead atoms. The van der Waals surface area contributed by atoms with E-state index in [9.17, 15) is 10.0 Å². The number of hydrogen-bond donors (Lipinski definition) is 1. The molecule has 2 aromatic rings. The van der Waals surface area contributed by atoms with Crippen molar-refractivity contribution in [3.63, 3.8) is 0 Å². The van der Waals surface area contributed by atoms with Gasteiger partial charge in [0, 0.05) is 19.5 Å². The molecule has 1 heterocycles. The first-order valence-corrected chi connectivity index (χ1v) is 5.22. The van der Waals surface area contributed by atoms with E-state index in [0.29, 0.717) is 5.39 Å².